The molecule has 1 aliphatic carbocycles. The fourth-order valence-electron chi connectivity index (χ4n) is 1.96. The van der Waals surface area contributed by atoms with Crippen molar-refractivity contribution in [3.63, 3.8) is 0 Å². The average Bonchev–Trinajstić information content (AvgIpc) is 2.33. The van der Waals surface area contributed by atoms with Gasteiger partial charge in [0.25, 0.3) is 0 Å². The van der Waals surface area contributed by atoms with E-state index < -0.39 is 0 Å². The van der Waals surface area contributed by atoms with Crippen molar-refractivity contribution in [1.82, 2.24) is 0 Å². The van der Waals surface area contributed by atoms with Crippen LogP contribution in [0.2, 0.25) is 0 Å². The molecule has 0 radical (unpaired) electrons. The van der Waals surface area contributed by atoms with Gasteiger partial charge in [0.15, 0.2) is 0 Å². The van der Waals surface area contributed by atoms with Crippen LogP contribution in [0.3, 0.4) is 0 Å². The van der Waals surface area contributed by atoms with Crippen LogP contribution in [0.25, 0.3) is 0 Å². The van der Waals surface area contributed by atoms with Gasteiger partial charge in [-0.05, 0) is 25.7 Å². The van der Waals surface area contributed by atoms with Crippen molar-refractivity contribution in [3.8, 4) is 0 Å². The maximum absolute atomic E-state index is 5.40. The van der Waals surface area contributed by atoms with Crippen LogP contribution >= 0.6 is 0 Å². The fraction of sp³-hybridized carbons (Fsp3) is 0.778. The molecule has 2 aliphatic rings. The highest BCUT2D eigenvalue weighted by atomic mass is 16.5. The zero-order chi connectivity index (χ0) is 6.97. The predicted molar refractivity (Wildman–Crippen MR) is 40.8 cm³/mol. The summed E-state index contributed by atoms with van der Waals surface area (Å²) in [4.78, 5) is 0. The van der Waals surface area contributed by atoms with Gasteiger partial charge in [0.05, 0.1) is 13.2 Å². The highest BCUT2D eigenvalue weighted by Crippen LogP contribution is 2.32. The molecular formula is C9H14O. The van der Waals surface area contributed by atoms with Crippen LogP contribution in [0.1, 0.15) is 19.8 Å². The van der Waals surface area contributed by atoms with Crippen LogP contribution in [-0.2, 0) is 4.74 Å². The average molecular weight is 138 g/mol. The second kappa shape index (κ2) is 2.39. The third kappa shape index (κ3) is 0.988. The molecule has 10 heavy (non-hydrogen) atoms. The normalized spacial score (nSPS) is 39.1. The second-order valence-corrected chi connectivity index (χ2v) is 3.51. The molecule has 0 spiro atoms. The third-order valence-electron chi connectivity index (χ3n) is 2.66. The van der Waals surface area contributed by atoms with Crippen LogP contribution in [0.4, 0.5) is 0 Å². The summed E-state index contributed by atoms with van der Waals surface area (Å²) in [6, 6.07) is 0. The molecule has 1 aliphatic heterocycles. The lowest BCUT2D eigenvalue weighted by molar-refractivity contribution is 0.182. The number of hydrogen-bond acceptors (Lipinski definition) is 1. The molecule has 56 valence electrons. The maximum Gasteiger partial charge on any atom is 0.0532 e. The lowest BCUT2D eigenvalue weighted by atomic mass is 9.84. The van der Waals surface area contributed by atoms with Gasteiger partial charge in [-0.2, -0.15) is 0 Å². The van der Waals surface area contributed by atoms with Gasteiger partial charge in [0, 0.05) is 5.92 Å². The van der Waals surface area contributed by atoms with E-state index in [4.69, 9.17) is 4.74 Å². The largest absolute Gasteiger partial charge is 0.381 e. The van der Waals surface area contributed by atoms with Crippen molar-refractivity contribution in [3.05, 3.63) is 11.6 Å². The number of allylic oxidation sites excluding steroid dienone is 1. The van der Waals surface area contributed by atoms with E-state index in [1.807, 2.05) is 0 Å². The molecule has 0 unspecified atom stereocenters. The van der Waals surface area contributed by atoms with Crippen molar-refractivity contribution >= 4 is 0 Å². The second-order valence-electron chi connectivity index (χ2n) is 3.51. The quantitative estimate of drug-likeness (QED) is 0.465. The van der Waals surface area contributed by atoms with Crippen molar-refractivity contribution < 1.29 is 4.74 Å². The van der Waals surface area contributed by atoms with Gasteiger partial charge in [-0.25, -0.2) is 0 Å². The Balaban J connectivity index is 2.13. The van der Waals surface area contributed by atoms with Crippen LogP contribution < -0.4 is 0 Å². The number of rotatable bonds is 0. The molecule has 2 rings (SSSR count). The predicted octanol–water partition coefficient (Wildman–Crippen LogP) is 1.99. The fourth-order valence-corrected chi connectivity index (χ4v) is 1.96. The molecule has 0 saturated carbocycles. The molecule has 2 atom stereocenters. The molecule has 0 aromatic heterocycles. The topological polar surface area (TPSA) is 9.23 Å². The van der Waals surface area contributed by atoms with Gasteiger partial charge < -0.3 is 4.74 Å². The summed E-state index contributed by atoms with van der Waals surface area (Å²) in [5, 5.41) is 0. The standard InChI is InChI=1S/C9H14O/c1-7-2-3-8-5-10-6-9(8)4-7/h4,8-9H,2-3,5-6H2,1H3/t8-,9+/m0/s1. The van der Waals surface area contributed by atoms with Crippen molar-refractivity contribution in [2.24, 2.45) is 11.8 Å². The SMILES string of the molecule is CC1=C[C@@H]2COC[C@@H]2CC1. The molecule has 1 nitrogen and oxygen atoms in total. The first-order valence-electron chi connectivity index (χ1n) is 4.11. The first-order chi connectivity index (χ1) is 4.86. The smallest absolute Gasteiger partial charge is 0.0532 e. The minimum absolute atomic E-state index is 0.758. The molecule has 1 saturated heterocycles. The van der Waals surface area contributed by atoms with Gasteiger partial charge >= 0.3 is 0 Å². The van der Waals surface area contributed by atoms with Gasteiger partial charge in [0.2, 0.25) is 0 Å². The zero-order valence-corrected chi connectivity index (χ0v) is 6.47. The summed E-state index contributed by atoms with van der Waals surface area (Å²) in [6.07, 6.45) is 5.05. The molecule has 1 fully saturated rings. The van der Waals surface area contributed by atoms with E-state index in [0.29, 0.717) is 0 Å². The van der Waals surface area contributed by atoms with E-state index in [0.717, 1.165) is 25.0 Å². The molecular weight excluding hydrogens is 124 g/mol. The number of fused-ring (bicyclic) bond motifs is 1. The maximum atomic E-state index is 5.40. The Morgan fingerprint density at radius 2 is 2.40 bits per heavy atom. The highest BCUT2D eigenvalue weighted by molar-refractivity contribution is 5.08. The molecule has 0 amide bonds. The Morgan fingerprint density at radius 1 is 1.50 bits per heavy atom. The monoisotopic (exact) mass is 138 g/mol. The van der Waals surface area contributed by atoms with Crippen molar-refractivity contribution in [2.45, 2.75) is 19.8 Å². The van der Waals surface area contributed by atoms with Gasteiger partial charge in [-0.3, -0.25) is 0 Å². The summed E-state index contributed by atoms with van der Waals surface area (Å²) in [7, 11) is 0. The zero-order valence-electron chi connectivity index (χ0n) is 6.47. The van der Waals surface area contributed by atoms with Gasteiger partial charge in [0.1, 0.15) is 0 Å². The minimum Gasteiger partial charge on any atom is -0.381 e. The third-order valence-corrected chi connectivity index (χ3v) is 2.66. The van der Waals surface area contributed by atoms with E-state index in [9.17, 15) is 0 Å². The first-order valence-corrected chi connectivity index (χ1v) is 4.11. The Kier molecular flexibility index (Phi) is 1.53. The summed E-state index contributed by atoms with van der Waals surface area (Å²) >= 11 is 0. The Bertz CT molecular complexity index is 160. The summed E-state index contributed by atoms with van der Waals surface area (Å²) in [6.45, 7) is 4.21. The number of hydrogen-bond donors (Lipinski definition) is 0. The molecule has 0 aromatic carbocycles. The molecule has 1 heterocycles. The molecule has 1 heteroatoms. The van der Waals surface area contributed by atoms with E-state index in [1.54, 1.807) is 5.57 Å². The summed E-state index contributed by atoms with van der Waals surface area (Å²) in [5.41, 5.74) is 1.56. The molecule has 0 aromatic rings. The minimum atomic E-state index is 0.758. The lowest BCUT2D eigenvalue weighted by Crippen LogP contribution is -2.14. The van der Waals surface area contributed by atoms with Gasteiger partial charge in [-0.15, -0.1) is 0 Å². The lowest BCUT2D eigenvalue weighted by Gasteiger charge is -2.20. The van der Waals surface area contributed by atoms with Crippen LogP contribution in [0.15, 0.2) is 11.6 Å². The Hall–Kier alpha value is -0.300. The summed E-state index contributed by atoms with van der Waals surface area (Å²) < 4.78 is 5.40. The summed E-state index contributed by atoms with van der Waals surface area (Å²) in [5.74, 6) is 1.61. The van der Waals surface area contributed by atoms with E-state index >= 15 is 0 Å². The van der Waals surface area contributed by atoms with E-state index in [-0.39, 0.29) is 0 Å². The molecule has 0 N–H and O–H groups in total. The highest BCUT2D eigenvalue weighted by Gasteiger charge is 2.28. The van der Waals surface area contributed by atoms with Crippen LogP contribution in [0, 0.1) is 11.8 Å². The van der Waals surface area contributed by atoms with Crippen molar-refractivity contribution in [2.75, 3.05) is 13.2 Å². The van der Waals surface area contributed by atoms with E-state index in [1.165, 1.54) is 12.8 Å². The first kappa shape index (κ1) is 6.41. The van der Waals surface area contributed by atoms with Crippen molar-refractivity contribution in [1.29, 1.82) is 0 Å². The van der Waals surface area contributed by atoms with Crippen LogP contribution in [0.5, 0.6) is 0 Å². The molecule has 0 bridgehead atoms. The van der Waals surface area contributed by atoms with E-state index in [2.05, 4.69) is 13.0 Å². The Morgan fingerprint density at radius 3 is 3.30 bits per heavy atom. The van der Waals surface area contributed by atoms with Gasteiger partial charge in [-0.1, -0.05) is 11.6 Å². The van der Waals surface area contributed by atoms with Crippen LogP contribution in [-0.4, -0.2) is 13.2 Å². The number of ether oxygens (including phenoxy) is 1. The Labute approximate surface area is 62.1 Å².